The smallest absolute Gasteiger partial charge is 0.215 e. The Morgan fingerprint density at radius 1 is 1.31 bits per heavy atom. The van der Waals surface area contributed by atoms with Crippen LogP contribution in [-0.4, -0.2) is 14.8 Å². The summed E-state index contributed by atoms with van der Waals surface area (Å²) in [6, 6.07) is 10.6. The summed E-state index contributed by atoms with van der Waals surface area (Å²) in [5, 5.41) is 3.21. The van der Waals surface area contributed by atoms with Crippen LogP contribution in [0.15, 0.2) is 30.3 Å². The van der Waals surface area contributed by atoms with Crippen molar-refractivity contribution in [3.8, 4) is 0 Å². The van der Waals surface area contributed by atoms with E-state index in [0.717, 1.165) is 5.82 Å². The van der Waals surface area contributed by atoms with Crippen LogP contribution in [0.1, 0.15) is 29.6 Å². The zero-order chi connectivity index (χ0) is 11.1. The summed E-state index contributed by atoms with van der Waals surface area (Å²) in [7, 11) is 1.90. The van der Waals surface area contributed by atoms with E-state index >= 15 is 0 Å². The summed E-state index contributed by atoms with van der Waals surface area (Å²) in [5.41, 5.74) is 1.40. The second-order valence-electron chi connectivity index (χ2n) is 4.31. The van der Waals surface area contributed by atoms with Gasteiger partial charge in [0.05, 0.1) is 0 Å². The molecule has 1 N–H and O–H groups in total. The molecule has 1 aliphatic rings. The van der Waals surface area contributed by atoms with Crippen LogP contribution in [0.25, 0.3) is 0 Å². The fraction of sp³-hybridized carbons (Fsp3) is 0.333. The number of nitrogens with one attached hydrogen (secondary N) is 1. The fourth-order valence-electron chi connectivity index (χ4n) is 2.15. The maximum atomic E-state index is 5.10. The quantitative estimate of drug-likeness (QED) is 0.806. The highest BCUT2D eigenvalue weighted by Crippen LogP contribution is 2.53. The van der Waals surface area contributed by atoms with Gasteiger partial charge >= 0.3 is 0 Å². The summed E-state index contributed by atoms with van der Waals surface area (Å²) in [4.78, 5) is 4.37. The molecular formula is C12H13N3S. The molecule has 4 heteroatoms. The Morgan fingerprint density at radius 2 is 2.06 bits per heavy atom. The van der Waals surface area contributed by atoms with Crippen LogP contribution in [0.5, 0.6) is 0 Å². The minimum Gasteiger partial charge on any atom is -0.283 e. The zero-order valence-corrected chi connectivity index (χ0v) is 9.87. The fourth-order valence-corrected chi connectivity index (χ4v) is 2.30. The molecule has 0 spiro atoms. The SMILES string of the molecule is Cn1[nH]c(C2CC2c2ccccc2)nc1=S. The third-order valence-electron chi connectivity index (χ3n) is 3.15. The lowest BCUT2D eigenvalue weighted by atomic mass is 10.1. The Bertz CT molecular complexity index is 555. The Hall–Kier alpha value is -1.42. The first-order valence-corrected chi connectivity index (χ1v) is 5.84. The van der Waals surface area contributed by atoms with Crippen molar-refractivity contribution in [2.45, 2.75) is 18.3 Å². The lowest BCUT2D eigenvalue weighted by Gasteiger charge is -1.97. The average Bonchev–Trinajstić information content (AvgIpc) is 3.03. The van der Waals surface area contributed by atoms with Crippen molar-refractivity contribution >= 4 is 12.2 Å². The van der Waals surface area contributed by atoms with Crippen molar-refractivity contribution in [1.82, 2.24) is 14.8 Å². The largest absolute Gasteiger partial charge is 0.283 e. The topological polar surface area (TPSA) is 33.6 Å². The van der Waals surface area contributed by atoms with E-state index in [1.807, 2.05) is 7.05 Å². The van der Waals surface area contributed by atoms with Crippen molar-refractivity contribution in [3.05, 3.63) is 46.5 Å². The molecule has 3 nitrogen and oxygen atoms in total. The maximum Gasteiger partial charge on any atom is 0.215 e. The number of nitrogens with zero attached hydrogens (tertiary/aromatic N) is 2. The van der Waals surface area contributed by atoms with Gasteiger partial charge in [0.15, 0.2) is 0 Å². The highest BCUT2D eigenvalue weighted by molar-refractivity contribution is 7.71. The molecule has 2 unspecified atom stereocenters. The standard InChI is InChI=1S/C12H13N3S/c1-15-12(16)13-11(14-15)10-7-9(10)8-5-3-2-4-6-8/h2-6,9-10H,7H2,1H3,(H,13,14,16). The zero-order valence-electron chi connectivity index (χ0n) is 9.05. The van der Waals surface area contributed by atoms with E-state index in [-0.39, 0.29) is 0 Å². The van der Waals surface area contributed by atoms with Crippen molar-refractivity contribution in [3.63, 3.8) is 0 Å². The van der Waals surface area contributed by atoms with E-state index in [1.54, 1.807) is 4.68 Å². The van der Waals surface area contributed by atoms with Crippen molar-refractivity contribution in [2.75, 3.05) is 0 Å². The van der Waals surface area contributed by atoms with Crippen LogP contribution in [0.4, 0.5) is 0 Å². The molecule has 1 heterocycles. The normalized spacial score (nSPS) is 23.3. The molecule has 0 amide bonds. The molecule has 2 atom stereocenters. The van der Waals surface area contributed by atoms with E-state index < -0.39 is 0 Å². The summed E-state index contributed by atoms with van der Waals surface area (Å²) >= 11 is 5.10. The van der Waals surface area contributed by atoms with Gasteiger partial charge in [-0.25, -0.2) is 4.98 Å². The van der Waals surface area contributed by atoms with Gasteiger partial charge in [-0.15, -0.1) is 0 Å². The molecule has 1 aromatic carbocycles. The second-order valence-corrected chi connectivity index (χ2v) is 4.67. The maximum absolute atomic E-state index is 5.10. The monoisotopic (exact) mass is 231 g/mol. The van der Waals surface area contributed by atoms with E-state index in [2.05, 4.69) is 40.4 Å². The molecule has 1 aromatic heterocycles. The third-order valence-corrected chi connectivity index (χ3v) is 3.52. The summed E-state index contributed by atoms with van der Waals surface area (Å²) in [5.74, 6) is 2.16. The molecule has 3 rings (SSSR count). The molecule has 1 aliphatic carbocycles. The number of aromatic amines is 1. The molecule has 0 radical (unpaired) electrons. The van der Waals surface area contributed by atoms with Gasteiger partial charge in [-0.05, 0) is 30.1 Å². The van der Waals surface area contributed by atoms with Crippen molar-refractivity contribution < 1.29 is 0 Å². The highest BCUT2D eigenvalue weighted by Gasteiger charge is 2.41. The molecule has 16 heavy (non-hydrogen) atoms. The molecule has 0 bridgehead atoms. The summed E-state index contributed by atoms with van der Waals surface area (Å²) in [6.45, 7) is 0. The van der Waals surface area contributed by atoms with Crippen LogP contribution in [-0.2, 0) is 7.05 Å². The van der Waals surface area contributed by atoms with Gasteiger partial charge in [0, 0.05) is 13.0 Å². The number of hydrogen-bond donors (Lipinski definition) is 1. The van der Waals surface area contributed by atoms with Crippen LogP contribution in [0.3, 0.4) is 0 Å². The predicted octanol–water partition coefficient (Wildman–Crippen LogP) is 2.75. The van der Waals surface area contributed by atoms with Gasteiger partial charge in [-0.2, -0.15) is 0 Å². The first-order chi connectivity index (χ1) is 7.75. The molecular weight excluding hydrogens is 218 g/mol. The number of H-pyrrole nitrogens is 1. The van der Waals surface area contributed by atoms with Gasteiger partial charge in [0.1, 0.15) is 5.82 Å². The minimum atomic E-state index is 0.519. The van der Waals surface area contributed by atoms with Crippen LogP contribution in [0.2, 0.25) is 0 Å². The Morgan fingerprint density at radius 3 is 2.69 bits per heavy atom. The van der Waals surface area contributed by atoms with E-state index in [9.17, 15) is 0 Å². The molecule has 82 valence electrons. The van der Waals surface area contributed by atoms with Gasteiger partial charge in [-0.1, -0.05) is 30.3 Å². The molecule has 0 aliphatic heterocycles. The molecule has 1 saturated carbocycles. The average molecular weight is 231 g/mol. The number of aryl methyl sites for hydroxylation is 1. The van der Waals surface area contributed by atoms with Crippen LogP contribution in [0, 0.1) is 4.77 Å². The molecule has 0 saturated heterocycles. The summed E-state index contributed by atoms with van der Waals surface area (Å²) < 4.78 is 2.43. The van der Waals surface area contributed by atoms with Gasteiger partial charge < -0.3 is 0 Å². The minimum absolute atomic E-state index is 0.519. The van der Waals surface area contributed by atoms with Crippen molar-refractivity contribution in [2.24, 2.45) is 7.05 Å². The van der Waals surface area contributed by atoms with E-state index in [4.69, 9.17) is 12.2 Å². The third kappa shape index (κ3) is 1.59. The first-order valence-electron chi connectivity index (χ1n) is 5.43. The van der Waals surface area contributed by atoms with E-state index in [1.165, 1.54) is 12.0 Å². The number of benzene rings is 1. The number of hydrogen-bond acceptors (Lipinski definition) is 2. The lowest BCUT2D eigenvalue weighted by Crippen LogP contribution is -1.91. The van der Waals surface area contributed by atoms with Crippen LogP contribution < -0.4 is 0 Å². The van der Waals surface area contributed by atoms with Gasteiger partial charge in [0.25, 0.3) is 0 Å². The molecule has 1 fully saturated rings. The first kappa shape index (κ1) is 9.78. The molecule has 2 aromatic rings. The number of rotatable bonds is 2. The summed E-state index contributed by atoms with van der Waals surface area (Å²) in [6.07, 6.45) is 1.17. The van der Waals surface area contributed by atoms with Gasteiger partial charge in [0.2, 0.25) is 4.77 Å². The predicted molar refractivity (Wildman–Crippen MR) is 64.9 cm³/mol. The Kier molecular flexibility index (Phi) is 2.17. The van der Waals surface area contributed by atoms with E-state index in [0.29, 0.717) is 16.6 Å². The van der Waals surface area contributed by atoms with Crippen LogP contribution >= 0.6 is 12.2 Å². The second kappa shape index (κ2) is 3.56. The Labute approximate surface area is 99.1 Å². The lowest BCUT2D eigenvalue weighted by molar-refractivity contribution is 0.732. The van der Waals surface area contributed by atoms with Crippen molar-refractivity contribution in [1.29, 1.82) is 0 Å². The Balaban J connectivity index is 1.84. The number of aromatic nitrogens is 3. The van der Waals surface area contributed by atoms with Gasteiger partial charge in [-0.3, -0.25) is 9.78 Å². The highest BCUT2D eigenvalue weighted by atomic mass is 32.1.